The molecule has 2 rings (SSSR count). The highest BCUT2D eigenvalue weighted by atomic mass is 79.9. The maximum absolute atomic E-state index is 8.75. The molecule has 0 aliphatic rings. The van der Waals surface area contributed by atoms with E-state index in [1.165, 1.54) is 0 Å². The number of halogens is 1. The third-order valence-corrected chi connectivity index (χ3v) is 3.30. The lowest BCUT2D eigenvalue weighted by molar-refractivity contribution is 0.879. The van der Waals surface area contributed by atoms with Crippen LogP contribution in [0, 0.1) is 18.3 Å². The molecule has 0 saturated carbocycles. The standard InChI is InChI=1S/C13H12BrN3/c1-9-12(6-7-15)16-13(17(9)2)10-4-3-5-11(14)8-10/h3-5,8H,6H2,1-2H3. The van der Waals surface area contributed by atoms with Gasteiger partial charge in [0.05, 0.1) is 18.2 Å². The monoisotopic (exact) mass is 289 g/mol. The molecule has 1 aromatic carbocycles. The van der Waals surface area contributed by atoms with Crippen molar-refractivity contribution in [1.82, 2.24) is 9.55 Å². The van der Waals surface area contributed by atoms with Crippen molar-refractivity contribution in [2.75, 3.05) is 0 Å². The molecular weight excluding hydrogens is 278 g/mol. The minimum absolute atomic E-state index is 0.355. The van der Waals surface area contributed by atoms with Crippen LogP contribution in [0.15, 0.2) is 28.7 Å². The first-order valence-electron chi connectivity index (χ1n) is 5.28. The van der Waals surface area contributed by atoms with Crippen LogP contribution < -0.4 is 0 Å². The van der Waals surface area contributed by atoms with Crippen LogP contribution >= 0.6 is 15.9 Å². The van der Waals surface area contributed by atoms with E-state index in [1.807, 2.05) is 42.8 Å². The van der Waals surface area contributed by atoms with E-state index in [0.717, 1.165) is 27.2 Å². The molecule has 0 unspecified atom stereocenters. The second-order valence-corrected chi connectivity index (χ2v) is 4.79. The van der Waals surface area contributed by atoms with E-state index < -0.39 is 0 Å². The molecule has 0 aliphatic carbocycles. The normalized spacial score (nSPS) is 10.2. The Labute approximate surface area is 109 Å². The average molecular weight is 290 g/mol. The van der Waals surface area contributed by atoms with E-state index in [-0.39, 0.29) is 0 Å². The van der Waals surface area contributed by atoms with Crippen molar-refractivity contribution in [2.45, 2.75) is 13.3 Å². The number of nitrogens with zero attached hydrogens (tertiary/aromatic N) is 3. The molecule has 0 fully saturated rings. The van der Waals surface area contributed by atoms with Crippen LogP contribution in [0.1, 0.15) is 11.4 Å². The number of benzene rings is 1. The third kappa shape index (κ3) is 2.25. The summed E-state index contributed by atoms with van der Waals surface area (Å²) in [6.07, 6.45) is 0.355. The second-order valence-electron chi connectivity index (χ2n) is 3.87. The molecule has 3 nitrogen and oxygen atoms in total. The fraction of sp³-hybridized carbons (Fsp3) is 0.231. The maximum Gasteiger partial charge on any atom is 0.140 e. The van der Waals surface area contributed by atoms with Gasteiger partial charge in [-0.2, -0.15) is 5.26 Å². The predicted molar refractivity (Wildman–Crippen MR) is 70.4 cm³/mol. The van der Waals surface area contributed by atoms with Crippen molar-refractivity contribution in [3.05, 3.63) is 40.1 Å². The van der Waals surface area contributed by atoms with Crippen LogP contribution in [0.25, 0.3) is 11.4 Å². The van der Waals surface area contributed by atoms with E-state index in [9.17, 15) is 0 Å². The summed E-state index contributed by atoms with van der Waals surface area (Å²) in [7, 11) is 1.97. The van der Waals surface area contributed by atoms with Gasteiger partial charge in [0.2, 0.25) is 0 Å². The lowest BCUT2D eigenvalue weighted by atomic mass is 10.2. The van der Waals surface area contributed by atoms with Gasteiger partial charge in [-0.25, -0.2) is 4.98 Å². The average Bonchev–Trinajstić information content (AvgIpc) is 2.58. The van der Waals surface area contributed by atoms with Crippen molar-refractivity contribution in [1.29, 1.82) is 5.26 Å². The fourth-order valence-electron chi connectivity index (χ4n) is 1.76. The van der Waals surface area contributed by atoms with E-state index in [2.05, 4.69) is 27.0 Å². The zero-order valence-corrected chi connectivity index (χ0v) is 11.3. The van der Waals surface area contributed by atoms with Crippen molar-refractivity contribution < 1.29 is 0 Å². The highest BCUT2D eigenvalue weighted by molar-refractivity contribution is 9.10. The summed E-state index contributed by atoms with van der Waals surface area (Å²) in [6.45, 7) is 1.99. The van der Waals surface area contributed by atoms with Gasteiger partial charge in [0.25, 0.3) is 0 Å². The van der Waals surface area contributed by atoms with Gasteiger partial charge in [-0.3, -0.25) is 0 Å². The summed E-state index contributed by atoms with van der Waals surface area (Å²) >= 11 is 3.45. The molecular formula is C13H12BrN3. The summed E-state index contributed by atoms with van der Waals surface area (Å²) in [5.74, 6) is 0.897. The Hall–Kier alpha value is -1.60. The zero-order valence-electron chi connectivity index (χ0n) is 9.74. The van der Waals surface area contributed by atoms with E-state index in [4.69, 9.17) is 5.26 Å². The first kappa shape index (κ1) is 11.9. The molecule has 1 heterocycles. The van der Waals surface area contributed by atoms with E-state index in [1.54, 1.807) is 0 Å². The number of aromatic nitrogens is 2. The van der Waals surface area contributed by atoms with Crippen LogP contribution in [0.2, 0.25) is 0 Å². The van der Waals surface area contributed by atoms with Gasteiger partial charge in [0, 0.05) is 22.8 Å². The van der Waals surface area contributed by atoms with Crippen LogP contribution in [-0.2, 0) is 13.5 Å². The first-order chi connectivity index (χ1) is 8.13. The highest BCUT2D eigenvalue weighted by Crippen LogP contribution is 2.24. The number of nitriles is 1. The van der Waals surface area contributed by atoms with Gasteiger partial charge in [-0.1, -0.05) is 28.1 Å². The maximum atomic E-state index is 8.75. The molecule has 2 aromatic rings. The summed E-state index contributed by atoms with van der Waals surface area (Å²) < 4.78 is 3.05. The minimum atomic E-state index is 0.355. The van der Waals surface area contributed by atoms with Crippen LogP contribution in [0.4, 0.5) is 0 Å². The van der Waals surface area contributed by atoms with Gasteiger partial charge >= 0.3 is 0 Å². The van der Waals surface area contributed by atoms with Gasteiger partial charge in [0.1, 0.15) is 5.82 Å². The van der Waals surface area contributed by atoms with Gasteiger partial charge in [-0.15, -0.1) is 0 Å². The molecule has 0 saturated heterocycles. The second kappa shape index (κ2) is 4.72. The molecule has 86 valence electrons. The summed E-state index contributed by atoms with van der Waals surface area (Å²) in [5, 5.41) is 8.75. The Morgan fingerprint density at radius 3 is 2.88 bits per heavy atom. The molecule has 17 heavy (non-hydrogen) atoms. The minimum Gasteiger partial charge on any atom is -0.331 e. The molecule has 1 aromatic heterocycles. The molecule has 4 heteroatoms. The van der Waals surface area contributed by atoms with Crippen molar-refractivity contribution in [3.63, 3.8) is 0 Å². The molecule has 0 N–H and O–H groups in total. The summed E-state index contributed by atoms with van der Waals surface area (Å²) in [6, 6.07) is 10.1. The predicted octanol–water partition coefficient (Wildman–Crippen LogP) is 3.22. The number of hydrogen-bond acceptors (Lipinski definition) is 2. The molecule has 0 spiro atoms. The van der Waals surface area contributed by atoms with Crippen molar-refractivity contribution in [3.8, 4) is 17.5 Å². The zero-order chi connectivity index (χ0) is 12.4. The Balaban J connectivity index is 2.53. The number of hydrogen-bond donors (Lipinski definition) is 0. The van der Waals surface area contributed by atoms with Crippen molar-refractivity contribution >= 4 is 15.9 Å². The quantitative estimate of drug-likeness (QED) is 0.852. The lowest BCUT2D eigenvalue weighted by Crippen LogP contribution is -1.95. The largest absolute Gasteiger partial charge is 0.331 e. The highest BCUT2D eigenvalue weighted by Gasteiger charge is 2.12. The number of rotatable bonds is 2. The third-order valence-electron chi connectivity index (χ3n) is 2.81. The Bertz CT molecular complexity index is 593. The van der Waals surface area contributed by atoms with E-state index >= 15 is 0 Å². The fourth-order valence-corrected chi connectivity index (χ4v) is 2.16. The van der Waals surface area contributed by atoms with E-state index in [0.29, 0.717) is 6.42 Å². The topological polar surface area (TPSA) is 41.6 Å². The van der Waals surface area contributed by atoms with Crippen LogP contribution in [-0.4, -0.2) is 9.55 Å². The first-order valence-corrected chi connectivity index (χ1v) is 6.08. The molecule has 0 amide bonds. The molecule has 0 radical (unpaired) electrons. The summed E-state index contributed by atoms with van der Waals surface area (Å²) in [4.78, 5) is 4.53. The molecule has 0 bridgehead atoms. The van der Waals surface area contributed by atoms with Gasteiger partial charge < -0.3 is 4.57 Å². The van der Waals surface area contributed by atoms with Gasteiger partial charge in [-0.05, 0) is 19.1 Å². The van der Waals surface area contributed by atoms with Crippen molar-refractivity contribution in [2.24, 2.45) is 7.05 Å². The summed E-state index contributed by atoms with van der Waals surface area (Å²) in [5.41, 5.74) is 2.95. The Morgan fingerprint density at radius 1 is 1.47 bits per heavy atom. The Kier molecular flexibility index (Phi) is 3.30. The molecule has 0 atom stereocenters. The smallest absolute Gasteiger partial charge is 0.140 e. The SMILES string of the molecule is Cc1c(CC#N)nc(-c2cccc(Br)c2)n1C. The lowest BCUT2D eigenvalue weighted by Gasteiger charge is -2.03. The number of imidazole rings is 1. The Morgan fingerprint density at radius 2 is 2.24 bits per heavy atom. The molecule has 0 aliphatic heterocycles. The van der Waals surface area contributed by atoms with Gasteiger partial charge in [0.15, 0.2) is 0 Å². The van der Waals surface area contributed by atoms with Crippen LogP contribution in [0.3, 0.4) is 0 Å². The van der Waals surface area contributed by atoms with Crippen LogP contribution in [0.5, 0.6) is 0 Å².